The maximum atomic E-state index is 14.0. The van der Waals surface area contributed by atoms with Crippen LogP contribution in [0.3, 0.4) is 0 Å². The van der Waals surface area contributed by atoms with Gasteiger partial charge in [-0.3, -0.25) is 9.69 Å². The molecule has 0 bridgehead atoms. The fourth-order valence-electron chi connectivity index (χ4n) is 2.75. The monoisotopic (exact) mass is 363 g/mol. The number of hydrogen-bond acceptors (Lipinski definition) is 4. The van der Waals surface area contributed by atoms with Crippen LogP contribution < -0.4 is 4.74 Å². The number of halogens is 4. The summed E-state index contributed by atoms with van der Waals surface area (Å²) in [6.45, 7) is 6.27. The summed E-state index contributed by atoms with van der Waals surface area (Å²) in [6.07, 6.45) is -4.97. The van der Waals surface area contributed by atoms with Crippen LogP contribution in [-0.4, -0.2) is 49.9 Å². The molecule has 0 unspecified atom stereocenters. The van der Waals surface area contributed by atoms with E-state index in [0.29, 0.717) is 38.4 Å². The molecule has 0 spiro atoms. The normalized spacial score (nSPS) is 17.6. The van der Waals surface area contributed by atoms with E-state index in [9.17, 15) is 22.4 Å². The van der Waals surface area contributed by atoms with Crippen molar-refractivity contribution in [3.05, 3.63) is 29.6 Å². The van der Waals surface area contributed by atoms with Gasteiger partial charge in [-0.2, -0.15) is 0 Å². The van der Waals surface area contributed by atoms with Gasteiger partial charge in [-0.05, 0) is 17.7 Å². The summed E-state index contributed by atoms with van der Waals surface area (Å²) in [5.41, 5.74) is 0.345. The van der Waals surface area contributed by atoms with Crippen molar-refractivity contribution >= 4 is 5.78 Å². The lowest BCUT2D eigenvalue weighted by Crippen LogP contribution is -2.41. The molecule has 0 radical (unpaired) electrons. The average Bonchev–Trinajstić information content (AvgIpc) is 2.53. The molecule has 1 atom stereocenters. The molecule has 1 aliphatic rings. The number of carbonyl (C=O) groups excluding carboxylic acids is 1. The predicted molar refractivity (Wildman–Crippen MR) is 82.9 cm³/mol. The molecule has 1 aromatic rings. The lowest BCUT2D eigenvalue weighted by atomic mass is 9.88. The third kappa shape index (κ3) is 5.67. The first kappa shape index (κ1) is 19.7. The molecule has 0 N–H and O–H groups in total. The highest BCUT2D eigenvalue weighted by Gasteiger charge is 2.33. The topological polar surface area (TPSA) is 38.8 Å². The van der Waals surface area contributed by atoms with E-state index < -0.39 is 23.8 Å². The Morgan fingerprint density at radius 3 is 2.44 bits per heavy atom. The molecule has 8 heteroatoms. The number of nitrogens with zero attached hydrogens (tertiary/aromatic N) is 1. The Balaban J connectivity index is 2.23. The zero-order chi connectivity index (χ0) is 18.6. The Morgan fingerprint density at radius 1 is 1.28 bits per heavy atom. The number of hydrogen-bond donors (Lipinski definition) is 0. The summed E-state index contributed by atoms with van der Waals surface area (Å²) >= 11 is 0. The van der Waals surface area contributed by atoms with Crippen molar-refractivity contribution in [3.63, 3.8) is 0 Å². The smallest absolute Gasteiger partial charge is 0.403 e. The van der Waals surface area contributed by atoms with Gasteiger partial charge in [0.05, 0.1) is 19.1 Å². The summed E-state index contributed by atoms with van der Waals surface area (Å²) in [6, 6.07) is 3.18. The van der Waals surface area contributed by atoms with Crippen molar-refractivity contribution < 1.29 is 31.8 Å². The number of Topliss-reactive ketones (excluding diaryl/α,β-unsaturated/α-hetero) is 1. The maximum Gasteiger partial charge on any atom is 0.573 e. The summed E-state index contributed by atoms with van der Waals surface area (Å²) in [5, 5.41) is 0. The van der Waals surface area contributed by atoms with Gasteiger partial charge in [-0.15, -0.1) is 13.2 Å². The summed E-state index contributed by atoms with van der Waals surface area (Å²) in [7, 11) is 0. The van der Waals surface area contributed by atoms with Gasteiger partial charge in [0.15, 0.2) is 11.6 Å². The molecular weight excluding hydrogens is 342 g/mol. The highest BCUT2D eigenvalue weighted by molar-refractivity contribution is 5.87. The van der Waals surface area contributed by atoms with Crippen LogP contribution in [0.4, 0.5) is 17.6 Å². The van der Waals surface area contributed by atoms with E-state index >= 15 is 0 Å². The first-order chi connectivity index (χ1) is 11.7. The van der Waals surface area contributed by atoms with Crippen molar-refractivity contribution in [1.82, 2.24) is 4.90 Å². The molecular formula is C17H21F4NO3. The van der Waals surface area contributed by atoms with Crippen LogP contribution in [0.25, 0.3) is 0 Å². The number of ketones is 1. The fraction of sp³-hybridized carbons (Fsp3) is 0.588. The summed E-state index contributed by atoms with van der Waals surface area (Å²) < 4.78 is 59.7. The van der Waals surface area contributed by atoms with Crippen molar-refractivity contribution in [2.75, 3.05) is 32.8 Å². The van der Waals surface area contributed by atoms with Gasteiger partial charge in [0.2, 0.25) is 0 Å². The van der Waals surface area contributed by atoms with Crippen molar-refractivity contribution in [3.8, 4) is 5.75 Å². The number of ether oxygens (including phenoxy) is 2. The Labute approximate surface area is 143 Å². The molecule has 0 saturated carbocycles. The number of alkyl halides is 3. The van der Waals surface area contributed by atoms with Crippen LogP contribution in [0.1, 0.15) is 25.3 Å². The number of benzene rings is 1. The highest BCUT2D eigenvalue weighted by atomic mass is 19.4. The van der Waals surface area contributed by atoms with E-state index in [1.807, 2.05) is 4.90 Å². The van der Waals surface area contributed by atoms with Gasteiger partial charge >= 0.3 is 6.36 Å². The Hall–Kier alpha value is -1.67. The van der Waals surface area contributed by atoms with Gasteiger partial charge in [-0.1, -0.05) is 19.9 Å². The van der Waals surface area contributed by atoms with Crippen molar-refractivity contribution in [2.45, 2.75) is 26.1 Å². The van der Waals surface area contributed by atoms with Gasteiger partial charge < -0.3 is 9.47 Å². The van der Waals surface area contributed by atoms with E-state index in [2.05, 4.69) is 4.74 Å². The van der Waals surface area contributed by atoms with Crippen molar-refractivity contribution in [2.24, 2.45) is 5.92 Å². The number of morpholine rings is 1. The molecule has 140 valence electrons. The van der Waals surface area contributed by atoms with E-state index in [-0.39, 0.29) is 11.7 Å². The van der Waals surface area contributed by atoms with Gasteiger partial charge in [0.25, 0.3) is 0 Å². The van der Waals surface area contributed by atoms with Gasteiger partial charge in [0, 0.05) is 25.6 Å². The second-order valence-corrected chi connectivity index (χ2v) is 6.26. The van der Waals surface area contributed by atoms with E-state index in [1.165, 1.54) is 6.07 Å². The lowest BCUT2D eigenvalue weighted by Gasteiger charge is -2.30. The molecule has 1 aliphatic heterocycles. The zero-order valence-electron chi connectivity index (χ0n) is 14.1. The third-order valence-corrected chi connectivity index (χ3v) is 4.04. The fourth-order valence-corrected chi connectivity index (χ4v) is 2.75. The van der Waals surface area contributed by atoms with Crippen LogP contribution in [0.5, 0.6) is 5.75 Å². The molecule has 4 nitrogen and oxygen atoms in total. The van der Waals surface area contributed by atoms with Crippen LogP contribution in [0, 0.1) is 11.7 Å². The number of rotatable bonds is 6. The number of carbonyl (C=O) groups is 1. The second kappa shape index (κ2) is 8.14. The SMILES string of the molecule is CC(C)C(=O)[C@H](CN1CCOCC1)c1ccc(OC(F)(F)F)c(F)c1. The molecule has 1 saturated heterocycles. The van der Waals surface area contributed by atoms with E-state index in [4.69, 9.17) is 4.74 Å². The first-order valence-electron chi connectivity index (χ1n) is 8.06. The van der Waals surface area contributed by atoms with Gasteiger partial charge in [0.1, 0.15) is 5.78 Å². The summed E-state index contributed by atoms with van der Waals surface area (Å²) in [5.74, 6) is -3.03. The van der Waals surface area contributed by atoms with E-state index in [0.717, 1.165) is 12.1 Å². The molecule has 1 aromatic carbocycles. The average molecular weight is 363 g/mol. The second-order valence-electron chi connectivity index (χ2n) is 6.26. The first-order valence-corrected chi connectivity index (χ1v) is 8.06. The quantitative estimate of drug-likeness (QED) is 0.727. The lowest BCUT2D eigenvalue weighted by molar-refractivity contribution is -0.275. The maximum absolute atomic E-state index is 14.0. The van der Waals surface area contributed by atoms with Gasteiger partial charge in [-0.25, -0.2) is 4.39 Å². The minimum atomic E-state index is -4.97. The molecule has 25 heavy (non-hydrogen) atoms. The standard InChI is InChI=1S/C17H21F4NO3/c1-11(2)16(23)13(10-22-5-7-24-8-6-22)12-3-4-15(14(18)9-12)25-17(19,20)21/h3-4,9,11,13H,5-8,10H2,1-2H3/t13-/m1/s1. The van der Waals surface area contributed by atoms with E-state index in [1.54, 1.807) is 13.8 Å². The summed E-state index contributed by atoms with van der Waals surface area (Å²) in [4.78, 5) is 14.6. The molecule has 2 rings (SSSR count). The Morgan fingerprint density at radius 2 is 1.92 bits per heavy atom. The minimum Gasteiger partial charge on any atom is -0.403 e. The van der Waals surface area contributed by atoms with Crippen LogP contribution in [0.15, 0.2) is 18.2 Å². The molecule has 0 aliphatic carbocycles. The predicted octanol–water partition coefficient (Wildman–Crippen LogP) is 3.37. The molecule has 0 amide bonds. The Bertz CT molecular complexity index is 598. The molecule has 1 heterocycles. The van der Waals surface area contributed by atoms with Crippen LogP contribution >= 0.6 is 0 Å². The third-order valence-electron chi connectivity index (χ3n) is 4.04. The molecule has 1 fully saturated rings. The Kier molecular flexibility index (Phi) is 6.40. The largest absolute Gasteiger partial charge is 0.573 e. The van der Waals surface area contributed by atoms with Crippen LogP contribution in [-0.2, 0) is 9.53 Å². The molecule has 0 aromatic heterocycles. The van der Waals surface area contributed by atoms with Crippen LogP contribution in [0.2, 0.25) is 0 Å². The van der Waals surface area contributed by atoms with Crippen molar-refractivity contribution in [1.29, 1.82) is 0 Å². The zero-order valence-corrected chi connectivity index (χ0v) is 14.1. The minimum absolute atomic E-state index is 0.0876. The highest BCUT2D eigenvalue weighted by Crippen LogP contribution is 2.30.